The summed E-state index contributed by atoms with van der Waals surface area (Å²) in [4.78, 5) is 0. The summed E-state index contributed by atoms with van der Waals surface area (Å²) in [6, 6.07) is 3.74. The zero-order valence-corrected chi connectivity index (χ0v) is 10.2. The maximum absolute atomic E-state index is 9.56. The highest BCUT2D eigenvalue weighted by Gasteiger charge is 2.21. The van der Waals surface area contributed by atoms with E-state index in [-0.39, 0.29) is 17.8 Å². The number of hydrogen-bond donors (Lipinski definition) is 2. The first-order valence-corrected chi connectivity index (χ1v) is 5.28. The number of aliphatic hydroxyl groups excluding tert-OH is 1. The fourth-order valence-electron chi connectivity index (χ4n) is 1.22. The van der Waals surface area contributed by atoms with E-state index in [4.69, 9.17) is 0 Å². The highest BCUT2D eigenvalue weighted by atomic mass is 79.9. The highest BCUT2D eigenvalue weighted by Crippen LogP contribution is 2.33. The van der Waals surface area contributed by atoms with E-state index in [1.54, 1.807) is 0 Å². The van der Waals surface area contributed by atoms with Crippen LogP contribution in [0.5, 0.6) is 5.75 Å². The molecular weight excluding hydrogens is 244 g/mol. The van der Waals surface area contributed by atoms with Crippen molar-refractivity contribution in [1.82, 2.24) is 0 Å². The van der Waals surface area contributed by atoms with Gasteiger partial charge < -0.3 is 10.2 Å². The average molecular weight is 259 g/mol. The molecule has 0 aromatic heterocycles. The van der Waals surface area contributed by atoms with Crippen LogP contribution in [0.1, 0.15) is 25.0 Å². The van der Waals surface area contributed by atoms with Crippen molar-refractivity contribution in [3.05, 3.63) is 27.7 Å². The molecule has 0 amide bonds. The molecule has 0 saturated heterocycles. The summed E-state index contributed by atoms with van der Waals surface area (Å²) in [7, 11) is 0. The van der Waals surface area contributed by atoms with E-state index in [9.17, 15) is 10.2 Å². The first kappa shape index (κ1) is 11.5. The van der Waals surface area contributed by atoms with Crippen molar-refractivity contribution in [2.45, 2.75) is 26.2 Å². The van der Waals surface area contributed by atoms with Crippen molar-refractivity contribution < 1.29 is 10.2 Å². The second-order valence-electron chi connectivity index (χ2n) is 4.17. The van der Waals surface area contributed by atoms with E-state index >= 15 is 0 Å². The monoisotopic (exact) mass is 258 g/mol. The highest BCUT2D eigenvalue weighted by molar-refractivity contribution is 9.10. The van der Waals surface area contributed by atoms with Gasteiger partial charge in [-0.15, -0.1) is 0 Å². The fourth-order valence-corrected chi connectivity index (χ4v) is 1.78. The zero-order chi connectivity index (χ0) is 10.9. The number of hydrogen-bond acceptors (Lipinski definition) is 2. The first-order chi connectivity index (χ1) is 6.38. The number of phenolic OH excluding ortho intramolecular Hbond substituents is 1. The van der Waals surface area contributed by atoms with Crippen LogP contribution in [0.4, 0.5) is 0 Å². The largest absolute Gasteiger partial charge is 0.506 e. The predicted octanol–water partition coefficient (Wildman–Crippen LogP) is 2.73. The van der Waals surface area contributed by atoms with Crippen molar-refractivity contribution in [1.29, 1.82) is 0 Å². The minimum atomic E-state index is -0.277. The molecule has 0 bridgehead atoms. The van der Waals surface area contributed by atoms with Gasteiger partial charge >= 0.3 is 0 Å². The fraction of sp³-hybridized carbons (Fsp3) is 0.455. The summed E-state index contributed by atoms with van der Waals surface area (Å²) in [5.74, 6) is 0.266. The molecule has 0 saturated carbocycles. The van der Waals surface area contributed by atoms with Crippen LogP contribution >= 0.6 is 15.9 Å². The van der Waals surface area contributed by atoms with Crippen LogP contribution < -0.4 is 0 Å². The number of aryl methyl sites for hydroxylation is 1. The van der Waals surface area contributed by atoms with E-state index < -0.39 is 0 Å². The SMILES string of the molecule is Cc1cc(C(C)(C)CO)cc(Br)c1O. The lowest BCUT2D eigenvalue weighted by Crippen LogP contribution is -2.22. The molecule has 0 heterocycles. The van der Waals surface area contributed by atoms with Gasteiger partial charge in [-0.25, -0.2) is 0 Å². The topological polar surface area (TPSA) is 40.5 Å². The normalized spacial score (nSPS) is 11.8. The summed E-state index contributed by atoms with van der Waals surface area (Å²) in [5, 5.41) is 18.8. The minimum Gasteiger partial charge on any atom is -0.506 e. The van der Waals surface area contributed by atoms with E-state index in [1.807, 2.05) is 32.9 Å². The van der Waals surface area contributed by atoms with Crippen molar-refractivity contribution in [3.8, 4) is 5.75 Å². The summed E-state index contributed by atoms with van der Waals surface area (Å²) in [6.07, 6.45) is 0. The van der Waals surface area contributed by atoms with E-state index in [2.05, 4.69) is 15.9 Å². The minimum absolute atomic E-state index is 0.0870. The number of benzene rings is 1. The Morgan fingerprint density at radius 3 is 2.36 bits per heavy atom. The lowest BCUT2D eigenvalue weighted by atomic mass is 9.85. The molecular formula is C11H15BrO2. The van der Waals surface area contributed by atoms with Gasteiger partial charge in [-0.05, 0) is 40.0 Å². The number of phenols is 1. The van der Waals surface area contributed by atoms with Crippen LogP contribution in [0.15, 0.2) is 16.6 Å². The maximum Gasteiger partial charge on any atom is 0.132 e. The van der Waals surface area contributed by atoms with Gasteiger partial charge in [0, 0.05) is 5.41 Å². The van der Waals surface area contributed by atoms with Crippen LogP contribution in [-0.4, -0.2) is 16.8 Å². The molecule has 0 spiro atoms. The zero-order valence-electron chi connectivity index (χ0n) is 8.63. The lowest BCUT2D eigenvalue weighted by molar-refractivity contribution is 0.218. The van der Waals surface area contributed by atoms with Gasteiger partial charge in [0.1, 0.15) is 5.75 Å². The third-order valence-electron chi connectivity index (χ3n) is 2.43. The molecule has 0 radical (unpaired) electrons. The molecule has 0 aliphatic carbocycles. The molecule has 2 N–H and O–H groups in total. The van der Waals surface area contributed by atoms with Gasteiger partial charge in [-0.2, -0.15) is 0 Å². The molecule has 78 valence electrons. The molecule has 2 nitrogen and oxygen atoms in total. The first-order valence-electron chi connectivity index (χ1n) is 4.49. The van der Waals surface area contributed by atoms with Crippen LogP contribution in [0.3, 0.4) is 0 Å². The molecule has 14 heavy (non-hydrogen) atoms. The second kappa shape index (κ2) is 3.91. The molecule has 0 aliphatic rings. The quantitative estimate of drug-likeness (QED) is 0.857. The smallest absolute Gasteiger partial charge is 0.132 e. The predicted molar refractivity (Wildman–Crippen MR) is 60.7 cm³/mol. The summed E-state index contributed by atoms with van der Waals surface area (Å²) < 4.78 is 0.675. The Kier molecular flexibility index (Phi) is 3.22. The Bertz CT molecular complexity index is 322. The van der Waals surface area contributed by atoms with Gasteiger partial charge in [0.2, 0.25) is 0 Å². The summed E-state index contributed by atoms with van der Waals surface area (Å²) in [6.45, 7) is 5.86. The lowest BCUT2D eigenvalue weighted by Gasteiger charge is -2.23. The van der Waals surface area contributed by atoms with E-state index in [0.717, 1.165) is 11.1 Å². The third kappa shape index (κ3) is 2.10. The standard InChI is InChI=1S/C11H15BrO2/c1-7-4-8(11(2,3)6-13)5-9(12)10(7)14/h4-5,13-14H,6H2,1-3H3. The molecule has 1 rings (SSSR count). The molecule has 0 unspecified atom stereocenters. The second-order valence-corrected chi connectivity index (χ2v) is 5.02. The van der Waals surface area contributed by atoms with Gasteiger partial charge in [0.05, 0.1) is 11.1 Å². The van der Waals surface area contributed by atoms with Gasteiger partial charge in [0.25, 0.3) is 0 Å². The van der Waals surface area contributed by atoms with Crippen molar-refractivity contribution in [2.75, 3.05) is 6.61 Å². The summed E-state index contributed by atoms with van der Waals surface area (Å²) in [5.41, 5.74) is 1.55. The molecule has 1 aromatic rings. The molecule has 3 heteroatoms. The van der Waals surface area contributed by atoms with Gasteiger partial charge in [0.15, 0.2) is 0 Å². The van der Waals surface area contributed by atoms with E-state index in [0.29, 0.717) is 4.47 Å². The van der Waals surface area contributed by atoms with E-state index in [1.165, 1.54) is 0 Å². The number of rotatable bonds is 2. The van der Waals surface area contributed by atoms with Crippen LogP contribution in [0.25, 0.3) is 0 Å². The van der Waals surface area contributed by atoms with Crippen LogP contribution in [0, 0.1) is 6.92 Å². The summed E-state index contributed by atoms with van der Waals surface area (Å²) >= 11 is 3.29. The Morgan fingerprint density at radius 1 is 1.36 bits per heavy atom. The third-order valence-corrected chi connectivity index (χ3v) is 3.04. The Balaban J connectivity index is 3.26. The molecule has 0 aliphatic heterocycles. The van der Waals surface area contributed by atoms with Crippen molar-refractivity contribution in [2.24, 2.45) is 0 Å². The Hall–Kier alpha value is -0.540. The number of aliphatic hydroxyl groups is 1. The van der Waals surface area contributed by atoms with Gasteiger partial charge in [-0.1, -0.05) is 19.9 Å². The van der Waals surface area contributed by atoms with Gasteiger partial charge in [-0.3, -0.25) is 0 Å². The van der Waals surface area contributed by atoms with Crippen molar-refractivity contribution >= 4 is 15.9 Å². The maximum atomic E-state index is 9.56. The van der Waals surface area contributed by atoms with Crippen LogP contribution in [-0.2, 0) is 5.41 Å². The molecule has 0 atom stereocenters. The average Bonchev–Trinajstić information content (AvgIpc) is 2.13. The molecule has 0 fully saturated rings. The number of aromatic hydroxyl groups is 1. The Labute approximate surface area is 92.7 Å². The van der Waals surface area contributed by atoms with Crippen LogP contribution in [0.2, 0.25) is 0 Å². The van der Waals surface area contributed by atoms with Crippen molar-refractivity contribution in [3.63, 3.8) is 0 Å². The number of halogens is 1. The molecule has 1 aromatic carbocycles. The Morgan fingerprint density at radius 2 is 1.93 bits per heavy atom.